The Kier molecular flexibility index (Phi) is 79.7. The van der Waals surface area contributed by atoms with Crippen LogP contribution in [0.15, 0.2) is 0 Å². The summed E-state index contributed by atoms with van der Waals surface area (Å²) in [7, 11) is -2.77. The fourth-order valence-corrected chi connectivity index (χ4v) is 6.36. The molecule has 0 aromatic heterocycles. The van der Waals surface area contributed by atoms with E-state index in [9.17, 15) is 0 Å². The molecule has 0 bridgehead atoms. The summed E-state index contributed by atoms with van der Waals surface area (Å²) >= 11 is 0.0162. The predicted molar refractivity (Wildman–Crippen MR) is 108 cm³/mol. The Labute approximate surface area is 176 Å². The molecular formula is C12H44Al2NaO5Si2. The third kappa shape index (κ3) is 190. The van der Waals surface area contributed by atoms with Gasteiger partial charge in [0.25, 0.3) is 0 Å². The van der Waals surface area contributed by atoms with E-state index in [0.29, 0.717) is 0 Å². The van der Waals surface area contributed by atoms with Gasteiger partial charge in [0.05, 0.1) is 0 Å². The van der Waals surface area contributed by atoms with Gasteiger partial charge in [0.1, 0.15) is 0 Å². The second kappa shape index (κ2) is 31.1. The minimum absolute atomic E-state index is 0. The topological polar surface area (TPSA) is 122 Å². The molecule has 0 spiro atoms. The van der Waals surface area contributed by atoms with Gasteiger partial charge in [0.2, 0.25) is 0 Å². The van der Waals surface area contributed by atoms with Crippen LogP contribution < -0.4 is 29.6 Å². The van der Waals surface area contributed by atoms with E-state index in [2.05, 4.69) is 42.8 Å². The normalized spacial score (nSPS) is 7.59. The summed E-state index contributed by atoms with van der Waals surface area (Å²) < 4.78 is 5.72. The van der Waals surface area contributed by atoms with Crippen LogP contribution in [0.4, 0.5) is 0 Å². The first kappa shape index (κ1) is 56.4. The number of hydrogen-bond acceptors (Lipinski definition) is 3. The molecular weight excluding hydrogens is 357 g/mol. The molecule has 0 saturated heterocycles. The fraction of sp³-hybridized carbons (Fsp3) is 1.00. The van der Waals surface area contributed by atoms with Crippen molar-refractivity contribution in [3.05, 3.63) is 0 Å². The summed E-state index contributed by atoms with van der Waals surface area (Å²) in [4.78, 5) is 8.66. The average Bonchev–Trinajstić information content (AvgIpc) is 1.76. The Morgan fingerprint density at radius 1 is 0.864 bits per heavy atom. The van der Waals surface area contributed by atoms with Gasteiger partial charge in [0, 0.05) is 0 Å². The number of rotatable bonds is 2. The molecule has 0 fully saturated rings. The molecule has 0 aromatic carbocycles. The predicted octanol–water partition coefficient (Wildman–Crippen LogP) is 0.139. The van der Waals surface area contributed by atoms with Crippen molar-refractivity contribution in [1.82, 2.24) is 0 Å². The van der Waals surface area contributed by atoms with Crippen molar-refractivity contribution in [2.45, 2.75) is 77.3 Å². The number of hydrogen-bond donors (Lipinski definition) is 1. The van der Waals surface area contributed by atoms with E-state index in [0.717, 1.165) is 15.2 Å². The Morgan fingerprint density at radius 3 is 1.00 bits per heavy atom. The Morgan fingerprint density at radius 2 is 1.00 bits per heavy atom. The molecule has 0 rings (SSSR count). The van der Waals surface area contributed by atoms with E-state index in [4.69, 9.17) is 8.27 Å². The van der Waals surface area contributed by atoms with Crippen LogP contribution in [-0.2, 0) is 3.48 Å². The van der Waals surface area contributed by atoms with Crippen LogP contribution in [0.1, 0.15) is 14.9 Å². The maximum Gasteiger partial charge on any atom is 1.00 e. The summed E-state index contributed by atoms with van der Waals surface area (Å²) in [6, 6.07) is 0. The van der Waals surface area contributed by atoms with Crippen molar-refractivity contribution < 1.29 is 54.3 Å². The average molecular weight is 402 g/mol. The molecule has 0 unspecified atom stereocenters. The van der Waals surface area contributed by atoms with Gasteiger partial charge in [-0.15, -0.1) is 11.6 Å². The molecule has 22 heavy (non-hydrogen) atoms. The Balaban J connectivity index is -0.0000000156. The first-order valence-corrected chi connectivity index (χ1v) is 17.9. The van der Waals surface area contributed by atoms with Gasteiger partial charge in [-0.25, -0.2) is 0 Å². The van der Waals surface area contributed by atoms with Gasteiger partial charge in [-0.05, 0) is 39.3 Å². The molecule has 0 aliphatic rings. The molecule has 0 amide bonds. The SMILES string of the molecule is C.C.C[Si](C)(C)O.O.O.[CH3][Al]([CH3])[O][Si](C)(C)C.[CH3][Al][CH3].[Na+].[OH-]. The molecule has 0 aliphatic heterocycles. The van der Waals surface area contributed by atoms with E-state index < -0.39 is 31.1 Å². The van der Waals surface area contributed by atoms with Crippen molar-refractivity contribution in [3.63, 3.8) is 0 Å². The molecule has 0 aliphatic carbocycles. The van der Waals surface area contributed by atoms with Gasteiger partial charge in [0.15, 0.2) is 31.9 Å². The fourth-order valence-electron chi connectivity index (χ4n) is 0.707. The summed E-state index contributed by atoms with van der Waals surface area (Å²) in [5.74, 6) is 8.86. The largest absolute Gasteiger partial charge is 1.00 e. The maximum atomic E-state index is 8.66. The standard InChI is InChI=1S/C3H10OSi.C3H9OSi.2CH4.4CH3.2Al.Na.3H2O/c2*1-5(2,3)4;;;;;;;;;;;;/h4H,1-3H3;1-3H3;2*1H4;4*1H3;;;;3*1H2/q;-1;;;;;;;;2*+1;;;/p-1. The maximum absolute atomic E-state index is 8.66. The molecule has 10 heteroatoms. The van der Waals surface area contributed by atoms with Crippen LogP contribution in [0.2, 0.25) is 62.4 Å². The minimum atomic E-state index is -1.61. The van der Waals surface area contributed by atoms with Crippen molar-refractivity contribution in [3.8, 4) is 0 Å². The van der Waals surface area contributed by atoms with Crippen molar-refractivity contribution in [1.29, 1.82) is 0 Å². The molecule has 0 saturated carbocycles. The van der Waals surface area contributed by atoms with Gasteiger partial charge in [-0.2, -0.15) is 0 Å². The zero-order valence-electron chi connectivity index (χ0n) is 15.5. The van der Waals surface area contributed by atoms with Crippen LogP contribution in [-0.4, -0.2) is 67.6 Å². The van der Waals surface area contributed by atoms with Gasteiger partial charge in [-0.3, -0.25) is 0 Å². The van der Waals surface area contributed by atoms with Gasteiger partial charge < -0.3 is 24.7 Å². The van der Waals surface area contributed by atoms with Gasteiger partial charge >= 0.3 is 44.0 Å². The quantitative estimate of drug-likeness (QED) is 0.662. The second-order valence-corrected chi connectivity index (χ2v) is 18.8. The molecule has 6 N–H and O–H groups in total. The zero-order chi connectivity index (χ0) is 14.0. The molecule has 5 nitrogen and oxygen atoms in total. The third-order valence-corrected chi connectivity index (χ3v) is 5.30. The van der Waals surface area contributed by atoms with Crippen LogP contribution >= 0.6 is 0 Å². The summed E-state index contributed by atoms with van der Waals surface area (Å²) in [6.07, 6.45) is 0. The van der Waals surface area contributed by atoms with E-state index in [-0.39, 0.29) is 60.8 Å². The third-order valence-electron chi connectivity index (χ3n) is 0.589. The molecule has 137 valence electrons. The van der Waals surface area contributed by atoms with Gasteiger partial charge in [-0.1, -0.05) is 26.4 Å². The van der Waals surface area contributed by atoms with E-state index in [1.807, 2.05) is 19.6 Å². The van der Waals surface area contributed by atoms with Crippen molar-refractivity contribution in [2.24, 2.45) is 0 Å². The Hall–Kier alpha value is 2.30. The van der Waals surface area contributed by atoms with E-state index in [1.165, 1.54) is 0 Å². The molecule has 0 aromatic rings. The Bertz CT molecular complexity index is 151. The monoisotopic (exact) mass is 401 g/mol. The second-order valence-electron chi connectivity index (χ2n) is 6.03. The first-order valence-electron chi connectivity index (χ1n) is 5.97. The molecule has 0 heterocycles. The van der Waals surface area contributed by atoms with Crippen LogP contribution in [0.25, 0.3) is 0 Å². The van der Waals surface area contributed by atoms with Crippen LogP contribution in [0.3, 0.4) is 0 Å². The van der Waals surface area contributed by atoms with E-state index >= 15 is 0 Å². The van der Waals surface area contributed by atoms with Crippen LogP contribution in [0.5, 0.6) is 0 Å². The summed E-state index contributed by atoms with van der Waals surface area (Å²) in [6.45, 7) is 12.4. The smallest absolute Gasteiger partial charge is 0.870 e. The molecule has 0 atom stereocenters. The zero-order valence-corrected chi connectivity index (χ0v) is 21.8. The van der Waals surface area contributed by atoms with E-state index in [1.54, 1.807) is 0 Å². The minimum Gasteiger partial charge on any atom is -0.870 e. The summed E-state index contributed by atoms with van der Waals surface area (Å²) in [5, 5.41) is 0. The van der Waals surface area contributed by atoms with Crippen molar-refractivity contribution >= 4 is 46.3 Å². The van der Waals surface area contributed by atoms with Crippen LogP contribution in [0, 0.1) is 0 Å². The van der Waals surface area contributed by atoms with Crippen molar-refractivity contribution in [2.75, 3.05) is 0 Å². The first-order chi connectivity index (χ1) is 6.83. The summed E-state index contributed by atoms with van der Waals surface area (Å²) in [5.41, 5.74) is 0. The molecule has 1 radical (unpaired) electrons.